The third-order valence-corrected chi connectivity index (χ3v) is 4.34. The summed E-state index contributed by atoms with van der Waals surface area (Å²) >= 11 is 7.63. The lowest BCUT2D eigenvalue weighted by Gasteiger charge is -2.17. The molecule has 0 aromatic heterocycles. The average Bonchev–Trinajstić information content (AvgIpc) is 2.44. The van der Waals surface area contributed by atoms with Crippen LogP contribution in [0.1, 0.15) is 25.8 Å². The van der Waals surface area contributed by atoms with Crippen LogP contribution in [0, 0.1) is 0 Å². The Hall–Kier alpha value is -0.420. The van der Waals surface area contributed by atoms with Crippen molar-refractivity contribution in [2.24, 2.45) is 5.16 Å². The summed E-state index contributed by atoms with van der Waals surface area (Å²) in [4.78, 5) is 2.38. The molecule has 0 radical (unpaired) electrons. The molecule has 20 heavy (non-hydrogen) atoms. The predicted molar refractivity (Wildman–Crippen MR) is 84.6 cm³/mol. The molecule has 6 heteroatoms. The summed E-state index contributed by atoms with van der Waals surface area (Å²) in [7, 11) is 0. The molecule has 0 spiro atoms. The van der Waals surface area contributed by atoms with Gasteiger partial charge in [-0.3, -0.25) is 0 Å². The van der Waals surface area contributed by atoms with Crippen LogP contribution in [0.2, 0.25) is 5.02 Å². The van der Waals surface area contributed by atoms with Gasteiger partial charge in [0.2, 0.25) is 0 Å². The Balaban J connectivity index is 0.00000361. The first kappa shape index (κ1) is 19.6. The van der Waals surface area contributed by atoms with Gasteiger partial charge in [-0.2, -0.15) is 0 Å². The molecule has 0 fully saturated rings. The monoisotopic (exact) mass is 335 g/mol. The van der Waals surface area contributed by atoms with Crippen molar-refractivity contribution in [3.8, 4) is 0 Å². The lowest BCUT2D eigenvalue weighted by molar-refractivity contribution is -0.00000471. The van der Waals surface area contributed by atoms with Gasteiger partial charge in [0.1, 0.15) is 5.04 Å². The van der Waals surface area contributed by atoms with Gasteiger partial charge in [0.25, 0.3) is 0 Å². The van der Waals surface area contributed by atoms with E-state index in [1.54, 1.807) is 17.8 Å². The molecule has 0 aliphatic heterocycles. The lowest BCUT2D eigenvalue weighted by Crippen LogP contribution is -3.00. The fourth-order valence-corrected chi connectivity index (χ4v) is 2.93. The molecular formula is C14H21Cl2N2OS-. The number of nitrogens with zero attached hydrogens (tertiary/aromatic N) is 2. The molecule has 3 nitrogen and oxygen atoms in total. The van der Waals surface area contributed by atoms with E-state index < -0.39 is 0 Å². The van der Waals surface area contributed by atoms with Gasteiger partial charge in [0.15, 0.2) is 0 Å². The molecule has 0 aliphatic rings. The van der Waals surface area contributed by atoms with Crippen LogP contribution in [-0.4, -0.2) is 40.5 Å². The van der Waals surface area contributed by atoms with Crippen molar-refractivity contribution in [1.82, 2.24) is 4.90 Å². The third kappa shape index (κ3) is 6.35. The van der Waals surface area contributed by atoms with Crippen LogP contribution in [0.3, 0.4) is 0 Å². The van der Waals surface area contributed by atoms with E-state index in [0.29, 0.717) is 10.1 Å². The van der Waals surface area contributed by atoms with E-state index in [0.717, 1.165) is 37.4 Å². The lowest BCUT2D eigenvalue weighted by atomic mass is 10.2. The van der Waals surface area contributed by atoms with Gasteiger partial charge in [0, 0.05) is 11.3 Å². The number of thioether (sulfide) groups is 1. The number of halogens is 2. The molecule has 0 saturated carbocycles. The summed E-state index contributed by atoms with van der Waals surface area (Å²) in [6, 6.07) is 7.43. The van der Waals surface area contributed by atoms with Gasteiger partial charge in [-0.15, -0.1) is 11.8 Å². The summed E-state index contributed by atoms with van der Waals surface area (Å²) in [6.07, 6.45) is 1.07. The Kier molecular flexibility index (Phi) is 11.0. The third-order valence-electron chi connectivity index (χ3n) is 2.95. The van der Waals surface area contributed by atoms with Crippen molar-refractivity contribution in [1.29, 1.82) is 0 Å². The maximum atomic E-state index is 9.10. The van der Waals surface area contributed by atoms with Crippen LogP contribution in [0.25, 0.3) is 0 Å². The van der Waals surface area contributed by atoms with Crippen LogP contribution >= 0.6 is 23.4 Å². The maximum absolute atomic E-state index is 9.10. The molecule has 0 unspecified atom stereocenters. The number of rotatable bonds is 7. The molecule has 0 saturated heterocycles. The Bertz CT molecular complexity index is 412. The zero-order chi connectivity index (χ0) is 14.1. The molecule has 0 bridgehead atoms. The molecule has 1 aromatic carbocycles. The van der Waals surface area contributed by atoms with Crippen molar-refractivity contribution in [3.05, 3.63) is 34.9 Å². The first-order valence-electron chi connectivity index (χ1n) is 6.55. The van der Waals surface area contributed by atoms with Gasteiger partial charge in [-0.1, -0.05) is 48.8 Å². The summed E-state index contributed by atoms with van der Waals surface area (Å²) in [5, 5.41) is 13.7. The molecule has 0 heterocycles. The van der Waals surface area contributed by atoms with E-state index in [4.69, 9.17) is 16.8 Å². The maximum Gasteiger partial charge on any atom is 0.144 e. The van der Waals surface area contributed by atoms with Gasteiger partial charge in [-0.05, 0) is 32.1 Å². The highest BCUT2D eigenvalue weighted by molar-refractivity contribution is 8.14. The number of oxime groups is 1. The highest BCUT2D eigenvalue weighted by Gasteiger charge is 2.09. The van der Waals surface area contributed by atoms with Gasteiger partial charge < -0.3 is 22.5 Å². The SMILES string of the molecule is CCN(CC)CCCS/C(=N/O)c1ccccc1Cl.[Cl-]. The number of hydrogen-bond donors (Lipinski definition) is 1. The summed E-state index contributed by atoms with van der Waals surface area (Å²) in [5.41, 5.74) is 0.791. The topological polar surface area (TPSA) is 35.8 Å². The zero-order valence-corrected chi connectivity index (χ0v) is 14.2. The van der Waals surface area contributed by atoms with Gasteiger partial charge >= 0.3 is 0 Å². The van der Waals surface area contributed by atoms with E-state index in [1.165, 1.54) is 0 Å². The minimum atomic E-state index is 0. The number of hydrogen-bond acceptors (Lipinski definition) is 4. The first-order chi connectivity index (χ1) is 9.22. The molecular weight excluding hydrogens is 315 g/mol. The van der Waals surface area contributed by atoms with Gasteiger partial charge in [-0.25, -0.2) is 0 Å². The van der Waals surface area contributed by atoms with E-state index in [9.17, 15) is 0 Å². The van der Waals surface area contributed by atoms with Crippen molar-refractivity contribution >= 4 is 28.4 Å². The molecule has 0 atom stereocenters. The second-order valence-electron chi connectivity index (χ2n) is 4.11. The minimum absolute atomic E-state index is 0. The van der Waals surface area contributed by atoms with E-state index in [1.807, 2.05) is 18.2 Å². The highest BCUT2D eigenvalue weighted by atomic mass is 35.5. The Labute approximate surface area is 136 Å². The van der Waals surface area contributed by atoms with Crippen molar-refractivity contribution < 1.29 is 17.6 Å². The Morgan fingerprint density at radius 2 is 1.95 bits per heavy atom. The summed E-state index contributed by atoms with van der Waals surface area (Å²) < 4.78 is 0. The van der Waals surface area contributed by atoms with Crippen molar-refractivity contribution in [2.75, 3.05) is 25.4 Å². The normalized spacial score (nSPS) is 11.5. The second-order valence-corrected chi connectivity index (χ2v) is 5.60. The fraction of sp³-hybridized carbons (Fsp3) is 0.500. The van der Waals surface area contributed by atoms with Gasteiger partial charge in [0.05, 0.1) is 5.02 Å². The van der Waals surface area contributed by atoms with Crippen LogP contribution in [0.5, 0.6) is 0 Å². The second kappa shape index (κ2) is 11.3. The van der Waals surface area contributed by atoms with Crippen LogP contribution in [-0.2, 0) is 0 Å². The molecule has 1 rings (SSSR count). The average molecular weight is 336 g/mol. The van der Waals surface area contributed by atoms with Crippen molar-refractivity contribution in [3.63, 3.8) is 0 Å². The van der Waals surface area contributed by atoms with E-state index in [2.05, 4.69) is 23.9 Å². The van der Waals surface area contributed by atoms with Crippen LogP contribution in [0.15, 0.2) is 29.4 Å². The zero-order valence-electron chi connectivity index (χ0n) is 11.9. The Morgan fingerprint density at radius 3 is 2.50 bits per heavy atom. The molecule has 0 amide bonds. The summed E-state index contributed by atoms with van der Waals surface area (Å²) in [6.45, 7) is 7.56. The van der Waals surface area contributed by atoms with Crippen molar-refractivity contribution in [2.45, 2.75) is 20.3 Å². The molecule has 1 N–H and O–H groups in total. The Morgan fingerprint density at radius 1 is 1.30 bits per heavy atom. The minimum Gasteiger partial charge on any atom is -1.00 e. The number of benzene rings is 1. The highest BCUT2D eigenvalue weighted by Crippen LogP contribution is 2.22. The quantitative estimate of drug-likeness (QED) is 0.265. The fourth-order valence-electron chi connectivity index (χ4n) is 1.79. The van der Waals surface area contributed by atoms with E-state index in [-0.39, 0.29) is 12.4 Å². The summed E-state index contributed by atoms with van der Waals surface area (Å²) in [5.74, 6) is 0.918. The molecule has 0 aliphatic carbocycles. The van der Waals surface area contributed by atoms with Crippen LogP contribution < -0.4 is 12.4 Å². The molecule has 1 aromatic rings. The largest absolute Gasteiger partial charge is 1.00 e. The van der Waals surface area contributed by atoms with Crippen LogP contribution in [0.4, 0.5) is 0 Å². The standard InChI is InChI=1S/C14H21ClN2OS.ClH/c1-3-17(4-2)10-7-11-19-14(16-18)12-8-5-6-9-13(12)15;/h5-6,8-9,18H,3-4,7,10-11H2,1-2H3;1H/p-1/b16-14+;. The predicted octanol–water partition coefficient (Wildman–Crippen LogP) is 0.945. The van der Waals surface area contributed by atoms with E-state index >= 15 is 0 Å². The smallest absolute Gasteiger partial charge is 0.144 e. The first-order valence-corrected chi connectivity index (χ1v) is 7.91. The molecule has 114 valence electrons.